The molecule has 1 aromatic rings. The second-order valence-corrected chi connectivity index (χ2v) is 4.08. The molecule has 1 heterocycles. The van der Waals surface area contributed by atoms with E-state index in [0.717, 1.165) is 6.42 Å². The number of benzene rings is 1. The number of esters is 1. The van der Waals surface area contributed by atoms with Gasteiger partial charge in [0.2, 0.25) is 0 Å². The van der Waals surface area contributed by atoms with E-state index >= 15 is 0 Å². The van der Waals surface area contributed by atoms with Crippen molar-refractivity contribution in [1.82, 2.24) is 0 Å². The van der Waals surface area contributed by atoms with Crippen LogP contribution in [0.1, 0.15) is 12.0 Å². The second-order valence-electron chi connectivity index (χ2n) is 4.08. The number of ether oxygens (including phenoxy) is 2. The summed E-state index contributed by atoms with van der Waals surface area (Å²) >= 11 is 0. The second kappa shape index (κ2) is 5.59. The normalized spacial score (nSPS) is 18.6. The Morgan fingerprint density at radius 1 is 1.44 bits per heavy atom. The molecule has 1 saturated heterocycles. The zero-order chi connectivity index (χ0) is 13.0. The van der Waals surface area contributed by atoms with Crippen LogP contribution in [0.25, 0.3) is 0 Å². The first-order valence-electron chi connectivity index (χ1n) is 5.66. The average molecular weight is 251 g/mol. The van der Waals surface area contributed by atoms with Gasteiger partial charge in [0.05, 0.1) is 24.6 Å². The van der Waals surface area contributed by atoms with Gasteiger partial charge in [0.1, 0.15) is 6.10 Å². The SMILES string of the molecule is O=C(Cc1ccc([N+](=O)[O-])cc1)OC1CCOC1. The van der Waals surface area contributed by atoms with Crippen molar-refractivity contribution < 1.29 is 19.2 Å². The van der Waals surface area contributed by atoms with Crippen molar-refractivity contribution in [3.63, 3.8) is 0 Å². The molecule has 96 valence electrons. The molecule has 1 unspecified atom stereocenters. The van der Waals surface area contributed by atoms with E-state index < -0.39 is 4.92 Å². The molecular weight excluding hydrogens is 238 g/mol. The van der Waals surface area contributed by atoms with Gasteiger partial charge in [-0.05, 0) is 5.56 Å². The van der Waals surface area contributed by atoms with Gasteiger partial charge in [-0.1, -0.05) is 12.1 Å². The van der Waals surface area contributed by atoms with E-state index in [1.165, 1.54) is 12.1 Å². The molecule has 0 aliphatic carbocycles. The Labute approximate surface area is 104 Å². The highest BCUT2D eigenvalue weighted by Gasteiger charge is 2.20. The van der Waals surface area contributed by atoms with Gasteiger partial charge in [-0.2, -0.15) is 0 Å². The maximum absolute atomic E-state index is 11.6. The number of carbonyl (C=O) groups is 1. The standard InChI is InChI=1S/C12H13NO5/c14-12(18-11-5-6-17-8-11)7-9-1-3-10(4-2-9)13(15)16/h1-4,11H,5-8H2. The molecule has 6 nitrogen and oxygen atoms in total. The number of nitrogens with zero attached hydrogens (tertiary/aromatic N) is 1. The minimum atomic E-state index is -0.474. The molecule has 2 rings (SSSR count). The van der Waals surface area contributed by atoms with E-state index in [9.17, 15) is 14.9 Å². The minimum absolute atomic E-state index is 0.0105. The number of rotatable bonds is 4. The summed E-state index contributed by atoms with van der Waals surface area (Å²) in [6.07, 6.45) is 0.691. The molecule has 1 aliphatic rings. The first kappa shape index (κ1) is 12.5. The summed E-state index contributed by atoms with van der Waals surface area (Å²) in [5.74, 6) is -0.334. The highest BCUT2D eigenvalue weighted by Crippen LogP contribution is 2.14. The highest BCUT2D eigenvalue weighted by molar-refractivity contribution is 5.72. The quantitative estimate of drug-likeness (QED) is 0.460. The molecular formula is C12H13NO5. The van der Waals surface area contributed by atoms with Gasteiger partial charge in [0.25, 0.3) is 5.69 Å². The predicted molar refractivity (Wildman–Crippen MR) is 62.1 cm³/mol. The molecule has 0 aromatic heterocycles. The molecule has 1 fully saturated rings. The van der Waals surface area contributed by atoms with E-state index in [4.69, 9.17) is 9.47 Å². The lowest BCUT2D eigenvalue weighted by Crippen LogP contribution is -2.19. The van der Waals surface area contributed by atoms with Crippen LogP contribution in [0.2, 0.25) is 0 Å². The number of nitro benzene ring substituents is 1. The van der Waals surface area contributed by atoms with Gasteiger partial charge in [-0.3, -0.25) is 14.9 Å². The van der Waals surface area contributed by atoms with Crippen LogP contribution in [0.4, 0.5) is 5.69 Å². The summed E-state index contributed by atoms with van der Waals surface area (Å²) in [5.41, 5.74) is 0.709. The highest BCUT2D eigenvalue weighted by atomic mass is 16.6. The zero-order valence-corrected chi connectivity index (χ0v) is 9.70. The Morgan fingerprint density at radius 3 is 2.72 bits per heavy atom. The van der Waals surface area contributed by atoms with Gasteiger partial charge in [0, 0.05) is 18.6 Å². The van der Waals surface area contributed by atoms with Crippen molar-refractivity contribution >= 4 is 11.7 Å². The number of nitro groups is 1. The maximum atomic E-state index is 11.6. The Hall–Kier alpha value is -1.95. The lowest BCUT2D eigenvalue weighted by molar-refractivity contribution is -0.384. The Bertz CT molecular complexity index is 436. The third-order valence-electron chi connectivity index (χ3n) is 2.68. The van der Waals surface area contributed by atoms with Crippen molar-refractivity contribution in [2.24, 2.45) is 0 Å². The summed E-state index contributed by atoms with van der Waals surface area (Å²) in [6, 6.07) is 5.87. The first-order valence-corrected chi connectivity index (χ1v) is 5.66. The number of hydrogen-bond donors (Lipinski definition) is 0. The van der Waals surface area contributed by atoms with Crippen LogP contribution < -0.4 is 0 Å². The molecule has 1 atom stereocenters. The van der Waals surface area contributed by atoms with Gasteiger partial charge >= 0.3 is 5.97 Å². The molecule has 0 spiro atoms. The Balaban J connectivity index is 1.88. The number of hydrogen-bond acceptors (Lipinski definition) is 5. The van der Waals surface area contributed by atoms with E-state index in [-0.39, 0.29) is 24.2 Å². The molecule has 1 aliphatic heterocycles. The lowest BCUT2D eigenvalue weighted by Gasteiger charge is -2.09. The van der Waals surface area contributed by atoms with Crippen LogP contribution in [0.5, 0.6) is 0 Å². The molecule has 0 N–H and O–H groups in total. The van der Waals surface area contributed by atoms with Crippen molar-refractivity contribution in [2.45, 2.75) is 18.9 Å². The first-order chi connectivity index (χ1) is 8.65. The lowest BCUT2D eigenvalue weighted by atomic mass is 10.1. The topological polar surface area (TPSA) is 78.7 Å². The van der Waals surface area contributed by atoms with Crippen molar-refractivity contribution in [3.05, 3.63) is 39.9 Å². The Kier molecular flexibility index (Phi) is 3.88. The van der Waals surface area contributed by atoms with Gasteiger partial charge in [0.15, 0.2) is 0 Å². The smallest absolute Gasteiger partial charge is 0.310 e. The third-order valence-corrected chi connectivity index (χ3v) is 2.68. The van der Waals surface area contributed by atoms with Crippen molar-refractivity contribution in [1.29, 1.82) is 0 Å². The minimum Gasteiger partial charge on any atom is -0.460 e. The summed E-state index contributed by atoms with van der Waals surface area (Å²) in [7, 11) is 0. The Morgan fingerprint density at radius 2 is 2.17 bits per heavy atom. The molecule has 0 amide bonds. The summed E-state index contributed by atoms with van der Waals surface area (Å²) < 4.78 is 10.3. The van der Waals surface area contributed by atoms with E-state index in [1.807, 2.05) is 0 Å². The third kappa shape index (κ3) is 3.27. The monoisotopic (exact) mass is 251 g/mol. The molecule has 6 heteroatoms. The van der Waals surface area contributed by atoms with Crippen LogP contribution in [-0.2, 0) is 20.7 Å². The average Bonchev–Trinajstić information content (AvgIpc) is 2.82. The van der Waals surface area contributed by atoms with E-state index in [1.54, 1.807) is 12.1 Å². The fraction of sp³-hybridized carbons (Fsp3) is 0.417. The number of carbonyl (C=O) groups excluding carboxylic acids is 1. The van der Waals surface area contributed by atoms with Crippen molar-refractivity contribution in [2.75, 3.05) is 13.2 Å². The molecule has 0 radical (unpaired) electrons. The number of non-ortho nitro benzene ring substituents is 1. The summed E-state index contributed by atoms with van der Waals surface area (Å²) in [4.78, 5) is 21.6. The largest absolute Gasteiger partial charge is 0.460 e. The van der Waals surface area contributed by atoms with Crippen molar-refractivity contribution in [3.8, 4) is 0 Å². The van der Waals surface area contributed by atoms with E-state index in [2.05, 4.69) is 0 Å². The van der Waals surface area contributed by atoms with Crippen LogP contribution in [-0.4, -0.2) is 30.2 Å². The maximum Gasteiger partial charge on any atom is 0.310 e. The van der Waals surface area contributed by atoms with Crippen LogP contribution in [0.3, 0.4) is 0 Å². The van der Waals surface area contributed by atoms with Gasteiger partial charge < -0.3 is 9.47 Å². The molecule has 0 saturated carbocycles. The summed E-state index contributed by atoms with van der Waals surface area (Å²) in [5, 5.41) is 10.5. The molecule has 18 heavy (non-hydrogen) atoms. The van der Waals surface area contributed by atoms with E-state index in [0.29, 0.717) is 18.8 Å². The van der Waals surface area contributed by atoms with Crippen LogP contribution in [0, 0.1) is 10.1 Å². The fourth-order valence-corrected chi connectivity index (χ4v) is 1.74. The van der Waals surface area contributed by atoms with Gasteiger partial charge in [-0.25, -0.2) is 0 Å². The van der Waals surface area contributed by atoms with Gasteiger partial charge in [-0.15, -0.1) is 0 Å². The summed E-state index contributed by atoms with van der Waals surface area (Å²) in [6.45, 7) is 1.07. The molecule has 1 aromatic carbocycles. The van der Waals surface area contributed by atoms with Crippen LogP contribution in [0.15, 0.2) is 24.3 Å². The zero-order valence-electron chi connectivity index (χ0n) is 9.70. The fourth-order valence-electron chi connectivity index (χ4n) is 1.74. The van der Waals surface area contributed by atoms with Crippen LogP contribution >= 0.6 is 0 Å². The predicted octanol–water partition coefficient (Wildman–Crippen LogP) is 1.47. The molecule has 0 bridgehead atoms.